The predicted molar refractivity (Wildman–Crippen MR) is 129 cm³/mol. The van der Waals surface area contributed by atoms with Gasteiger partial charge in [-0.15, -0.1) is 0 Å². The van der Waals surface area contributed by atoms with Gasteiger partial charge in [0, 0.05) is 5.92 Å². The van der Waals surface area contributed by atoms with Crippen molar-refractivity contribution in [2.75, 3.05) is 0 Å². The van der Waals surface area contributed by atoms with E-state index in [2.05, 4.69) is 32.6 Å². The number of hydrogen-bond acceptors (Lipinski definition) is 3. The molecule has 176 valence electrons. The quantitative estimate of drug-likeness (QED) is 0.488. The third kappa shape index (κ3) is 5.37. The molecule has 0 unspecified atom stereocenters. The molecule has 0 aromatic rings. The topological polar surface area (TPSA) is 60.7 Å². The van der Waals surface area contributed by atoms with Gasteiger partial charge in [-0.25, -0.2) is 0 Å². The maximum absolute atomic E-state index is 10.4. The lowest BCUT2D eigenvalue weighted by atomic mass is 9.60. The van der Waals surface area contributed by atoms with Crippen LogP contribution in [0.5, 0.6) is 0 Å². The Labute approximate surface area is 190 Å². The number of hydrogen-bond donors (Lipinski definition) is 3. The zero-order valence-corrected chi connectivity index (χ0v) is 20.5. The smallest absolute Gasteiger partial charge is 0.0837 e. The van der Waals surface area contributed by atoms with Crippen molar-refractivity contribution in [3.8, 4) is 0 Å². The van der Waals surface area contributed by atoms with Crippen molar-refractivity contribution in [2.24, 2.45) is 29.1 Å². The van der Waals surface area contributed by atoms with Crippen LogP contribution in [0.2, 0.25) is 0 Å². The molecule has 7 atom stereocenters. The van der Waals surface area contributed by atoms with E-state index in [4.69, 9.17) is 0 Å². The molecule has 0 saturated heterocycles. The number of aliphatic hydroxyl groups excluding tert-OH is 2. The highest BCUT2D eigenvalue weighted by atomic mass is 16.3. The first kappa shape index (κ1) is 24.7. The fourth-order valence-electron chi connectivity index (χ4n) is 6.91. The maximum Gasteiger partial charge on any atom is 0.0837 e. The Bertz CT molecular complexity index is 712. The largest absolute Gasteiger partial charge is 0.392 e. The third-order valence-corrected chi connectivity index (χ3v) is 8.97. The van der Waals surface area contributed by atoms with Gasteiger partial charge in [0.15, 0.2) is 0 Å². The zero-order valence-electron chi connectivity index (χ0n) is 20.5. The van der Waals surface area contributed by atoms with Crippen LogP contribution < -0.4 is 0 Å². The minimum Gasteiger partial charge on any atom is -0.392 e. The number of rotatable bonds is 6. The van der Waals surface area contributed by atoms with Crippen LogP contribution in [0.25, 0.3) is 0 Å². The highest BCUT2D eigenvalue weighted by molar-refractivity contribution is 5.39. The van der Waals surface area contributed by atoms with Crippen LogP contribution in [0.1, 0.15) is 92.4 Å². The average molecular weight is 431 g/mol. The van der Waals surface area contributed by atoms with Crippen LogP contribution in [0.3, 0.4) is 0 Å². The molecule has 3 rings (SSSR count). The molecule has 3 saturated carbocycles. The van der Waals surface area contributed by atoms with Crippen molar-refractivity contribution < 1.29 is 15.3 Å². The number of allylic oxidation sites excluding steroid dienone is 3. The summed E-state index contributed by atoms with van der Waals surface area (Å²) in [4.78, 5) is 0. The van der Waals surface area contributed by atoms with Crippen LogP contribution >= 0.6 is 0 Å². The Morgan fingerprint density at radius 2 is 1.94 bits per heavy atom. The van der Waals surface area contributed by atoms with Gasteiger partial charge in [0.25, 0.3) is 0 Å². The highest BCUT2D eigenvalue weighted by Crippen LogP contribution is 2.60. The Morgan fingerprint density at radius 3 is 2.61 bits per heavy atom. The number of aliphatic hydroxyl groups is 3. The van der Waals surface area contributed by atoms with Crippen molar-refractivity contribution in [1.82, 2.24) is 0 Å². The highest BCUT2D eigenvalue weighted by Gasteiger charge is 2.50. The average Bonchev–Trinajstić information content (AvgIpc) is 3.04. The van der Waals surface area contributed by atoms with Gasteiger partial charge in [0.1, 0.15) is 0 Å². The molecule has 0 amide bonds. The molecule has 0 bridgehead atoms. The van der Waals surface area contributed by atoms with Gasteiger partial charge < -0.3 is 15.3 Å². The molecule has 0 aliphatic heterocycles. The molecule has 3 aliphatic rings. The molecular weight excluding hydrogens is 384 g/mol. The molecule has 3 aliphatic carbocycles. The van der Waals surface area contributed by atoms with Crippen LogP contribution in [-0.4, -0.2) is 33.1 Å². The van der Waals surface area contributed by atoms with Gasteiger partial charge in [0.05, 0.1) is 17.8 Å². The maximum atomic E-state index is 10.4. The lowest BCUT2D eigenvalue weighted by molar-refractivity contribution is 0.0283. The van der Waals surface area contributed by atoms with E-state index in [9.17, 15) is 15.3 Å². The lowest BCUT2D eigenvalue weighted by Crippen LogP contribution is -2.36. The molecule has 0 aromatic heterocycles. The Morgan fingerprint density at radius 1 is 1.23 bits per heavy atom. The van der Waals surface area contributed by atoms with Crippen LogP contribution in [0.4, 0.5) is 0 Å². The summed E-state index contributed by atoms with van der Waals surface area (Å²) in [6.45, 7) is 14.8. The van der Waals surface area contributed by atoms with Crippen LogP contribution in [0.15, 0.2) is 35.5 Å². The van der Waals surface area contributed by atoms with E-state index in [1.165, 1.54) is 32.1 Å². The van der Waals surface area contributed by atoms with Gasteiger partial charge >= 0.3 is 0 Å². The van der Waals surface area contributed by atoms with Gasteiger partial charge in [0.2, 0.25) is 0 Å². The van der Waals surface area contributed by atoms with E-state index >= 15 is 0 Å². The summed E-state index contributed by atoms with van der Waals surface area (Å²) in [7, 11) is 0. The summed E-state index contributed by atoms with van der Waals surface area (Å²) in [6, 6.07) is 0. The molecule has 3 nitrogen and oxygen atoms in total. The van der Waals surface area contributed by atoms with Crippen LogP contribution in [-0.2, 0) is 0 Å². The van der Waals surface area contributed by atoms with E-state index in [1.807, 2.05) is 20.8 Å². The zero-order chi connectivity index (χ0) is 23.0. The normalized spacial score (nSPS) is 40.4. The molecule has 0 radical (unpaired) electrons. The van der Waals surface area contributed by atoms with Crippen molar-refractivity contribution in [3.63, 3.8) is 0 Å². The first-order chi connectivity index (χ1) is 14.4. The third-order valence-electron chi connectivity index (χ3n) is 8.97. The minimum absolute atomic E-state index is 0.149. The van der Waals surface area contributed by atoms with Gasteiger partial charge in [-0.2, -0.15) is 0 Å². The molecule has 3 N–H and O–H groups in total. The first-order valence-corrected chi connectivity index (χ1v) is 12.6. The standard InChI is InChI=1S/C28H46O3/c1-18(9-7-15-27(4,5)31)23-13-14-24-21(10-8-16-28(23,24)6)11-12-22-17-25(29)20(3)26(30)19(22)2/h11-12,18,20,23-26,29-31H,2,7-10,13-17H2,1,3-6H3/t18-,20-,23-,24+,25+,26+,28-/m1/s1. The second-order valence-corrected chi connectivity index (χ2v) is 11.8. The van der Waals surface area contributed by atoms with Crippen LogP contribution in [0, 0.1) is 29.1 Å². The van der Waals surface area contributed by atoms with E-state index in [0.717, 1.165) is 36.3 Å². The molecule has 0 heterocycles. The summed E-state index contributed by atoms with van der Waals surface area (Å²) in [6.07, 6.45) is 13.4. The fourth-order valence-corrected chi connectivity index (χ4v) is 6.91. The van der Waals surface area contributed by atoms with E-state index < -0.39 is 17.8 Å². The second-order valence-electron chi connectivity index (χ2n) is 11.8. The molecular formula is C28H46O3. The van der Waals surface area contributed by atoms with Gasteiger partial charge in [-0.3, -0.25) is 0 Å². The minimum atomic E-state index is -0.648. The van der Waals surface area contributed by atoms with Gasteiger partial charge in [-0.05, 0) is 93.1 Å². The molecule has 0 aromatic carbocycles. The fraction of sp³-hybridized carbons (Fsp3) is 0.786. The summed E-state index contributed by atoms with van der Waals surface area (Å²) >= 11 is 0. The van der Waals surface area contributed by atoms with Crippen molar-refractivity contribution in [1.29, 1.82) is 0 Å². The van der Waals surface area contributed by atoms with Gasteiger partial charge in [-0.1, -0.05) is 57.9 Å². The second kappa shape index (κ2) is 9.53. The van der Waals surface area contributed by atoms with E-state index in [0.29, 0.717) is 23.7 Å². The van der Waals surface area contributed by atoms with Crippen molar-refractivity contribution in [2.45, 2.75) is 110 Å². The lowest BCUT2D eigenvalue weighted by Gasteiger charge is -2.44. The SMILES string of the molecule is C=C1C(=CC=C2CCC[C@]3(C)[C@@H]([C@H](C)CCCC(C)(C)O)CC[C@@H]23)C[C@H](O)[C@@H](C)[C@H]1O. The molecule has 3 fully saturated rings. The Balaban J connectivity index is 1.71. The summed E-state index contributed by atoms with van der Waals surface area (Å²) in [5.41, 5.74) is 3.15. The Hall–Kier alpha value is -0.900. The predicted octanol–water partition coefficient (Wildman–Crippen LogP) is 5.95. The van der Waals surface area contributed by atoms with E-state index in [-0.39, 0.29) is 5.92 Å². The van der Waals surface area contributed by atoms with E-state index in [1.54, 1.807) is 5.57 Å². The van der Waals surface area contributed by atoms with Crippen molar-refractivity contribution in [3.05, 3.63) is 35.5 Å². The summed E-state index contributed by atoms with van der Waals surface area (Å²) in [5, 5.41) is 30.7. The molecule has 3 heteroatoms. The monoisotopic (exact) mass is 430 g/mol. The summed E-state index contributed by atoms with van der Waals surface area (Å²) in [5.74, 6) is 1.94. The first-order valence-electron chi connectivity index (χ1n) is 12.6. The molecule has 0 spiro atoms. The summed E-state index contributed by atoms with van der Waals surface area (Å²) < 4.78 is 0. The van der Waals surface area contributed by atoms with Crippen molar-refractivity contribution >= 4 is 0 Å². The molecule has 31 heavy (non-hydrogen) atoms. The number of fused-ring (bicyclic) bond motifs is 1. The Kier molecular flexibility index (Phi) is 7.61.